The number of piperazine rings is 1. The largest absolute Gasteiger partial charge is 0.381 e. The van der Waals surface area contributed by atoms with Crippen LogP contribution in [0.5, 0.6) is 0 Å². The van der Waals surface area contributed by atoms with Crippen LogP contribution in [-0.4, -0.2) is 86.8 Å². The molecule has 1 unspecified atom stereocenters. The van der Waals surface area contributed by atoms with E-state index >= 15 is 0 Å². The zero-order valence-electron chi connectivity index (χ0n) is 31.4. The molecule has 2 N–H and O–H groups in total. The molecule has 0 spiro atoms. The first-order valence-corrected chi connectivity index (χ1v) is 21.8. The summed E-state index contributed by atoms with van der Waals surface area (Å²) in [4.78, 5) is 17.0. The van der Waals surface area contributed by atoms with Gasteiger partial charge in [-0.15, -0.1) is 11.8 Å². The molecule has 0 aliphatic carbocycles. The second kappa shape index (κ2) is 18.3. The number of nitrogens with one attached hydrogen (secondary N) is 2. The highest BCUT2D eigenvalue weighted by Gasteiger charge is 2.23. The third-order valence-corrected chi connectivity index (χ3v) is 13.1. The normalized spacial score (nSPS) is 14.3. The molecule has 1 saturated heterocycles. The van der Waals surface area contributed by atoms with E-state index in [1.54, 1.807) is 23.9 Å². The van der Waals surface area contributed by atoms with E-state index in [0.717, 1.165) is 73.4 Å². The van der Waals surface area contributed by atoms with E-state index < -0.39 is 10.0 Å². The zero-order chi connectivity index (χ0) is 39.1. The Bertz CT molecular complexity index is 2360. The van der Waals surface area contributed by atoms with Crippen molar-refractivity contribution >= 4 is 73.1 Å². The quantitative estimate of drug-likeness (QED) is 0.0984. The molecule has 9 nitrogen and oxygen atoms in total. The lowest BCUT2D eigenvalue weighted by Crippen LogP contribution is -2.46. The monoisotopic (exact) mass is 825 g/mol. The molecule has 0 bridgehead atoms. The third-order valence-electron chi connectivity index (χ3n) is 9.87. The second-order valence-electron chi connectivity index (χ2n) is 14.2. The SMILES string of the molecule is CN(C)CCC(CSc1ccccc1)Nc1ccc(S(=O)(=O)Nc2ncnc3cc(N4CCN(Cc5ccccc5-c5ccc(Cl)cc5)CC4)ccc23)c(Cl)c1. The summed E-state index contributed by atoms with van der Waals surface area (Å²) in [6.07, 6.45) is 2.29. The summed E-state index contributed by atoms with van der Waals surface area (Å²) in [6.45, 7) is 5.27. The lowest BCUT2D eigenvalue weighted by atomic mass is 9.99. The first-order chi connectivity index (χ1) is 27.1. The van der Waals surface area contributed by atoms with Crippen molar-refractivity contribution in [1.82, 2.24) is 19.8 Å². The standard InChI is InChI=1S/C43H45Cl2N7O2S2/c1-50(2)21-20-35(29-55-37-9-4-3-5-10-37)48-34-16-19-42(40(45)26-34)56(53,54)49-43-39-18-17-36(27-41(39)46-30-47-43)52-24-22-51(23-25-52)28-32-8-6-7-11-38(32)31-12-14-33(44)15-13-31/h3-19,26-27,30,35,48H,20-25,28-29H2,1-2H3,(H,46,47,49). The maximum absolute atomic E-state index is 13.7. The van der Waals surface area contributed by atoms with E-state index in [1.165, 1.54) is 28.4 Å². The molecule has 1 aliphatic rings. The number of sulfonamides is 1. The Hall–Kier alpha value is -4.36. The predicted octanol–water partition coefficient (Wildman–Crippen LogP) is 9.25. The van der Waals surface area contributed by atoms with Crippen molar-refractivity contribution in [2.45, 2.75) is 28.8 Å². The predicted molar refractivity (Wildman–Crippen MR) is 234 cm³/mol. The van der Waals surface area contributed by atoms with Crippen LogP contribution in [0.25, 0.3) is 22.0 Å². The van der Waals surface area contributed by atoms with Crippen molar-refractivity contribution in [3.8, 4) is 11.1 Å². The number of nitrogens with zero attached hydrogens (tertiary/aromatic N) is 5. The molecule has 0 radical (unpaired) electrons. The summed E-state index contributed by atoms with van der Waals surface area (Å²) in [5.74, 6) is 1.04. The van der Waals surface area contributed by atoms with E-state index in [0.29, 0.717) is 10.9 Å². The van der Waals surface area contributed by atoms with Crippen molar-refractivity contribution in [3.05, 3.63) is 137 Å². The summed E-state index contributed by atoms with van der Waals surface area (Å²) in [6, 6.07) is 37.8. The van der Waals surface area contributed by atoms with Gasteiger partial charge in [0.05, 0.1) is 10.5 Å². The first-order valence-electron chi connectivity index (χ1n) is 18.6. The molecule has 0 amide bonds. The Morgan fingerprint density at radius 3 is 2.34 bits per heavy atom. The highest BCUT2D eigenvalue weighted by Crippen LogP contribution is 2.32. The van der Waals surface area contributed by atoms with E-state index in [9.17, 15) is 8.42 Å². The molecule has 1 aliphatic heterocycles. The van der Waals surface area contributed by atoms with Crippen molar-refractivity contribution in [2.24, 2.45) is 0 Å². The number of aromatic nitrogens is 2. The minimum Gasteiger partial charge on any atom is -0.381 e. The highest BCUT2D eigenvalue weighted by atomic mass is 35.5. The van der Waals surface area contributed by atoms with Crippen LogP contribution >= 0.6 is 35.0 Å². The number of thioether (sulfide) groups is 1. The molecule has 290 valence electrons. The number of hydrogen-bond acceptors (Lipinski definition) is 9. The van der Waals surface area contributed by atoms with E-state index in [4.69, 9.17) is 23.2 Å². The van der Waals surface area contributed by atoms with Crippen LogP contribution in [0.15, 0.2) is 131 Å². The summed E-state index contributed by atoms with van der Waals surface area (Å²) in [7, 11) is 0.0425. The number of hydrogen-bond donors (Lipinski definition) is 2. The average molecular weight is 827 g/mol. The van der Waals surface area contributed by atoms with Gasteiger partial charge < -0.3 is 15.1 Å². The molecule has 5 aromatic carbocycles. The van der Waals surface area contributed by atoms with Gasteiger partial charge in [-0.2, -0.15) is 0 Å². The molecule has 0 saturated carbocycles. The Morgan fingerprint density at radius 1 is 0.839 bits per heavy atom. The van der Waals surface area contributed by atoms with Crippen LogP contribution in [-0.2, 0) is 16.6 Å². The van der Waals surface area contributed by atoms with E-state index in [-0.39, 0.29) is 21.8 Å². The van der Waals surface area contributed by atoms with E-state index in [2.05, 4.69) is 97.3 Å². The number of benzene rings is 5. The van der Waals surface area contributed by atoms with E-state index in [1.807, 2.05) is 48.5 Å². The van der Waals surface area contributed by atoms with Crippen molar-refractivity contribution < 1.29 is 8.42 Å². The van der Waals surface area contributed by atoms with Crippen molar-refractivity contribution in [1.29, 1.82) is 0 Å². The first kappa shape index (κ1) is 39.9. The molecule has 1 aromatic heterocycles. The Kier molecular flexibility index (Phi) is 13.0. The zero-order valence-corrected chi connectivity index (χ0v) is 34.6. The molecule has 7 rings (SSSR count). The summed E-state index contributed by atoms with van der Waals surface area (Å²) < 4.78 is 30.1. The number of halogens is 2. The molecule has 1 fully saturated rings. The number of fused-ring (bicyclic) bond motifs is 1. The molecule has 1 atom stereocenters. The highest BCUT2D eigenvalue weighted by molar-refractivity contribution is 7.99. The van der Waals surface area contributed by atoms with Crippen LogP contribution in [0.1, 0.15) is 12.0 Å². The molecule has 6 aromatic rings. The van der Waals surface area contributed by atoms with Crippen LogP contribution in [0.2, 0.25) is 10.0 Å². The lowest BCUT2D eigenvalue weighted by molar-refractivity contribution is 0.250. The minimum atomic E-state index is -4.07. The Morgan fingerprint density at radius 2 is 1.59 bits per heavy atom. The third kappa shape index (κ3) is 10.1. The van der Waals surface area contributed by atoms with Gasteiger partial charge in [0, 0.05) is 71.2 Å². The minimum absolute atomic E-state index is 0.0229. The number of anilines is 3. The second-order valence-corrected chi connectivity index (χ2v) is 17.7. The summed E-state index contributed by atoms with van der Waals surface area (Å²) >= 11 is 14.6. The van der Waals surface area contributed by atoms with Crippen LogP contribution < -0.4 is 14.9 Å². The van der Waals surface area contributed by atoms with Gasteiger partial charge in [-0.25, -0.2) is 18.4 Å². The van der Waals surface area contributed by atoms with Crippen LogP contribution in [0.4, 0.5) is 17.2 Å². The lowest BCUT2D eigenvalue weighted by Gasteiger charge is -2.36. The smallest absolute Gasteiger partial charge is 0.264 e. The maximum Gasteiger partial charge on any atom is 0.264 e. The molecule has 13 heteroatoms. The Labute approximate surface area is 344 Å². The fraction of sp³-hybridized carbons (Fsp3) is 0.256. The number of rotatable bonds is 15. The fourth-order valence-electron chi connectivity index (χ4n) is 6.85. The molecular weight excluding hydrogens is 782 g/mol. The van der Waals surface area contributed by atoms with Crippen LogP contribution in [0.3, 0.4) is 0 Å². The maximum atomic E-state index is 13.7. The molecule has 56 heavy (non-hydrogen) atoms. The molecular formula is C43H45Cl2N7O2S2. The van der Waals surface area contributed by atoms with Gasteiger partial charge in [-0.3, -0.25) is 9.62 Å². The van der Waals surface area contributed by atoms with Gasteiger partial charge in [0.1, 0.15) is 11.2 Å². The van der Waals surface area contributed by atoms with Gasteiger partial charge in [-0.1, -0.05) is 77.8 Å². The van der Waals surface area contributed by atoms with Gasteiger partial charge in [0.25, 0.3) is 10.0 Å². The van der Waals surface area contributed by atoms with Gasteiger partial charge in [0.15, 0.2) is 5.82 Å². The van der Waals surface area contributed by atoms with Gasteiger partial charge in [0.2, 0.25) is 0 Å². The van der Waals surface area contributed by atoms with Crippen LogP contribution in [0, 0.1) is 0 Å². The summed E-state index contributed by atoms with van der Waals surface area (Å²) in [5, 5.41) is 5.03. The average Bonchev–Trinajstić information content (AvgIpc) is 3.20. The Balaban J connectivity index is 0.994. The topological polar surface area (TPSA) is 93.7 Å². The fourth-order valence-corrected chi connectivity index (χ4v) is 9.54. The summed E-state index contributed by atoms with van der Waals surface area (Å²) in [5.41, 5.74) is 6.10. The van der Waals surface area contributed by atoms with Crippen molar-refractivity contribution in [2.75, 3.05) is 67.5 Å². The van der Waals surface area contributed by atoms with Gasteiger partial charge >= 0.3 is 0 Å². The van der Waals surface area contributed by atoms with Crippen molar-refractivity contribution in [3.63, 3.8) is 0 Å². The molecule has 2 heterocycles. The van der Waals surface area contributed by atoms with Gasteiger partial charge in [-0.05, 0) is 104 Å².